The Morgan fingerprint density at radius 2 is 0.656 bits per heavy atom. The highest BCUT2D eigenvalue weighted by atomic mass is 32.2. The highest BCUT2D eigenvalue weighted by Crippen LogP contribution is 2.39. The smallest absolute Gasteiger partial charge is 0.297 e. The quantitative estimate of drug-likeness (QED) is 0.0586. The zero-order valence-corrected chi connectivity index (χ0v) is 41.9. The SMILES string of the molecule is Cc1ccc(S(=O)(=O)O[C@@H](CC[C@@H](CO[Si](c2ccccc2)(c2ccccc2)C(C)(C)C)OS(=O)(=O)c2ccc(C)cc2)CO[Si](c2ccccc2)(c2ccccc2)C(C)(C)C)cc1. The van der Waals surface area contributed by atoms with Gasteiger partial charge in [0.1, 0.15) is 0 Å². The molecule has 0 amide bonds. The van der Waals surface area contributed by atoms with E-state index in [2.05, 4.69) is 90.1 Å². The van der Waals surface area contributed by atoms with E-state index < -0.39 is 59.2 Å². The Kier molecular flexibility index (Phi) is 15.6. The molecule has 2 atom stereocenters. The first kappa shape index (κ1) is 48.9. The van der Waals surface area contributed by atoms with Crippen molar-refractivity contribution in [3.8, 4) is 0 Å². The van der Waals surface area contributed by atoms with E-state index in [1.54, 1.807) is 24.3 Å². The average molecular weight is 935 g/mol. The van der Waals surface area contributed by atoms with Crippen molar-refractivity contribution in [1.29, 1.82) is 0 Å². The Morgan fingerprint density at radius 1 is 0.406 bits per heavy atom. The van der Waals surface area contributed by atoms with Crippen LogP contribution in [-0.2, 0) is 37.5 Å². The topological polar surface area (TPSA) is 105 Å². The average Bonchev–Trinajstić information content (AvgIpc) is 3.26. The highest BCUT2D eigenvalue weighted by Gasteiger charge is 2.52. The van der Waals surface area contributed by atoms with Crippen molar-refractivity contribution in [2.24, 2.45) is 0 Å². The third-order valence-corrected chi connectivity index (χ3v) is 24.5. The van der Waals surface area contributed by atoms with Crippen molar-refractivity contribution in [1.82, 2.24) is 0 Å². The lowest BCUT2D eigenvalue weighted by molar-refractivity contribution is 0.0821. The van der Waals surface area contributed by atoms with E-state index in [1.807, 2.05) is 86.6 Å². The van der Waals surface area contributed by atoms with Crippen LogP contribution in [0.1, 0.15) is 65.5 Å². The normalized spacial score (nSPS) is 13.9. The maximum Gasteiger partial charge on any atom is 0.297 e. The summed E-state index contributed by atoms with van der Waals surface area (Å²) in [7, 11) is -15.0. The second-order valence-electron chi connectivity index (χ2n) is 18.5. The lowest BCUT2D eigenvalue weighted by Crippen LogP contribution is -2.67. The Hall–Kier alpha value is -4.51. The fraction of sp³-hybridized carbons (Fsp3) is 0.308. The van der Waals surface area contributed by atoms with Gasteiger partial charge in [-0.1, -0.05) is 198 Å². The zero-order valence-electron chi connectivity index (χ0n) is 38.2. The molecule has 0 aliphatic heterocycles. The molecule has 0 fully saturated rings. The fourth-order valence-corrected chi connectivity index (χ4v) is 19.9. The van der Waals surface area contributed by atoms with Crippen molar-refractivity contribution < 1.29 is 34.1 Å². The number of rotatable bonds is 19. The number of hydrogen-bond donors (Lipinski definition) is 0. The summed E-state index contributed by atoms with van der Waals surface area (Å²) in [6.07, 6.45) is -1.98. The van der Waals surface area contributed by atoms with Crippen molar-refractivity contribution >= 4 is 57.6 Å². The van der Waals surface area contributed by atoms with Gasteiger partial charge < -0.3 is 8.85 Å². The van der Waals surface area contributed by atoms with Gasteiger partial charge in [-0.05, 0) is 81.8 Å². The third-order valence-electron chi connectivity index (χ3n) is 11.8. The highest BCUT2D eigenvalue weighted by molar-refractivity contribution is 7.87. The molecule has 0 heterocycles. The first-order valence-corrected chi connectivity index (χ1v) is 28.4. The molecule has 0 spiro atoms. The minimum Gasteiger partial charge on any atom is -0.405 e. The van der Waals surface area contributed by atoms with Crippen molar-refractivity contribution in [3.05, 3.63) is 181 Å². The lowest BCUT2D eigenvalue weighted by atomic mass is 10.1. The second-order valence-corrected chi connectivity index (χ2v) is 30.3. The molecule has 12 heteroatoms. The lowest BCUT2D eigenvalue weighted by Gasteiger charge is -2.44. The first-order chi connectivity index (χ1) is 30.3. The molecular weight excluding hydrogens is 873 g/mol. The van der Waals surface area contributed by atoms with Crippen LogP contribution in [0.2, 0.25) is 10.1 Å². The van der Waals surface area contributed by atoms with Gasteiger partial charge in [-0.3, -0.25) is 8.37 Å². The molecule has 0 saturated heterocycles. The maximum absolute atomic E-state index is 14.2. The van der Waals surface area contributed by atoms with Crippen LogP contribution in [0.4, 0.5) is 0 Å². The summed E-state index contributed by atoms with van der Waals surface area (Å²) in [6.45, 7) is 16.5. The molecule has 6 aromatic rings. The largest absolute Gasteiger partial charge is 0.405 e. The van der Waals surface area contributed by atoms with E-state index in [0.717, 1.165) is 31.9 Å². The number of aryl methyl sites for hydroxylation is 2. The molecule has 0 aliphatic rings. The van der Waals surface area contributed by atoms with Gasteiger partial charge in [0.2, 0.25) is 0 Å². The fourth-order valence-electron chi connectivity index (χ4n) is 8.53. The molecule has 0 unspecified atom stereocenters. The molecule has 0 aromatic heterocycles. The van der Waals surface area contributed by atoms with Gasteiger partial charge in [-0.25, -0.2) is 0 Å². The molecule has 0 radical (unpaired) electrons. The third kappa shape index (κ3) is 11.1. The van der Waals surface area contributed by atoms with Crippen molar-refractivity contribution in [2.45, 2.75) is 100 Å². The van der Waals surface area contributed by atoms with E-state index >= 15 is 0 Å². The first-order valence-electron chi connectivity index (χ1n) is 21.8. The van der Waals surface area contributed by atoms with Crippen LogP contribution in [0, 0.1) is 13.8 Å². The molecule has 0 aliphatic carbocycles. The standard InChI is InChI=1S/C52H62O8S2Si2/c1-41-29-35-45(36-30-41)61(53,54)59-43(39-57-63(51(3,4)5,47-21-13-9-14-22-47)48-23-15-10-16-24-48)33-34-44(60-62(55,56)46-37-31-42(2)32-38-46)40-58-64(52(6,7)8,49-25-17-11-18-26-49)50-27-19-12-20-28-50/h9-32,35-38,43-44H,33-34,39-40H2,1-8H3/t43-,44-/m0/s1. The minimum absolute atomic E-state index is 0.0123. The maximum atomic E-state index is 14.2. The van der Waals surface area contributed by atoms with E-state index in [4.69, 9.17) is 17.2 Å². The Labute approximate surface area is 384 Å². The molecule has 8 nitrogen and oxygen atoms in total. The summed E-state index contributed by atoms with van der Waals surface area (Å²) < 4.78 is 83.6. The Bertz CT molecular complexity index is 2350. The second kappa shape index (κ2) is 20.3. The summed E-state index contributed by atoms with van der Waals surface area (Å²) >= 11 is 0. The van der Waals surface area contributed by atoms with Gasteiger partial charge in [0.05, 0.1) is 35.2 Å². The van der Waals surface area contributed by atoms with Crippen LogP contribution in [0.3, 0.4) is 0 Å². The van der Waals surface area contributed by atoms with Gasteiger partial charge in [0.25, 0.3) is 36.9 Å². The summed E-state index contributed by atoms with van der Waals surface area (Å²) in [5, 5.41) is 3.29. The van der Waals surface area contributed by atoms with Crippen molar-refractivity contribution in [3.63, 3.8) is 0 Å². The van der Waals surface area contributed by atoms with Crippen LogP contribution < -0.4 is 20.7 Å². The summed E-state index contributed by atoms with van der Waals surface area (Å²) in [5.74, 6) is 0. The van der Waals surface area contributed by atoms with Gasteiger partial charge >= 0.3 is 0 Å². The van der Waals surface area contributed by atoms with Crippen LogP contribution >= 0.6 is 0 Å². The van der Waals surface area contributed by atoms with Crippen LogP contribution in [0.15, 0.2) is 180 Å². The molecule has 338 valence electrons. The van der Waals surface area contributed by atoms with Gasteiger partial charge in [-0.2, -0.15) is 16.8 Å². The minimum atomic E-state index is -4.31. The van der Waals surface area contributed by atoms with Crippen molar-refractivity contribution in [2.75, 3.05) is 13.2 Å². The van der Waals surface area contributed by atoms with Crippen LogP contribution in [0.5, 0.6) is 0 Å². The molecule has 0 N–H and O–H groups in total. The number of benzene rings is 6. The van der Waals surface area contributed by atoms with E-state index in [1.165, 1.54) is 24.3 Å². The Balaban J connectivity index is 1.42. The predicted octanol–water partition coefficient (Wildman–Crippen LogP) is 9.08. The molecule has 0 bridgehead atoms. The van der Waals surface area contributed by atoms with E-state index in [9.17, 15) is 16.8 Å². The zero-order chi connectivity index (χ0) is 46.2. The van der Waals surface area contributed by atoms with Crippen LogP contribution in [0.25, 0.3) is 0 Å². The molecular formula is C52H62O8S2Si2. The molecule has 64 heavy (non-hydrogen) atoms. The summed E-state index contributed by atoms with van der Waals surface area (Å²) in [6, 6.07) is 53.5. The Morgan fingerprint density at radius 3 is 0.891 bits per heavy atom. The monoisotopic (exact) mass is 934 g/mol. The molecule has 0 saturated carbocycles. The summed E-state index contributed by atoms with van der Waals surface area (Å²) in [4.78, 5) is 0.0247. The van der Waals surface area contributed by atoms with Crippen LogP contribution in [-0.4, -0.2) is 58.9 Å². The summed E-state index contributed by atoms with van der Waals surface area (Å²) in [5.41, 5.74) is 1.81. The van der Waals surface area contributed by atoms with E-state index in [0.29, 0.717) is 0 Å². The predicted molar refractivity (Wildman–Crippen MR) is 263 cm³/mol. The van der Waals surface area contributed by atoms with Gasteiger partial charge in [0, 0.05) is 0 Å². The molecule has 6 rings (SSSR count). The van der Waals surface area contributed by atoms with Gasteiger partial charge in [-0.15, -0.1) is 0 Å². The molecule has 6 aromatic carbocycles. The van der Waals surface area contributed by atoms with E-state index in [-0.39, 0.29) is 35.8 Å². The van der Waals surface area contributed by atoms with Gasteiger partial charge in [0.15, 0.2) is 0 Å². The number of hydrogen-bond acceptors (Lipinski definition) is 8.